The van der Waals surface area contributed by atoms with Crippen LogP contribution in [0.4, 0.5) is 5.69 Å². The summed E-state index contributed by atoms with van der Waals surface area (Å²) in [4.78, 5) is 14.1. The maximum atomic E-state index is 12.6. The molecule has 1 unspecified atom stereocenters. The number of fused-ring (bicyclic) bond motifs is 1. The summed E-state index contributed by atoms with van der Waals surface area (Å²) in [7, 11) is 3.14. The average molecular weight is 485 g/mol. The molecule has 4 rings (SSSR count). The number of thiophene rings is 1. The summed E-state index contributed by atoms with van der Waals surface area (Å²) in [5.74, 6) is 2.82. The minimum Gasteiger partial charge on any atom is -0.497 e. The van der Waals surface area contributed by atoms with Crippen molar-refractivity contribution in [3.05, 3.63) is 46.7 Å². The fourth-order valence-electron chi connectivity index (χ4n) is 3.97. The molecule has 0 saturated heterocycles. The number of nitrogens with one attached hydrogen (secondary N) is 1. The molecular weight excluding hydrogens is 456 g/mol. The van der Waals surface area contributed by atoms with Crippen LogP contribution in [0.5, 0.6) is 11.5 Å². The number of hydrogen-bond donors (Lipinski definition) is 1. The summed E-state index contributed by atoms with van der Waals surface area (Å²) in [6.45, 7) is 6.79. The molecule has 0 spiro atoms. The Bertz CT molecular complexity index is 1150. The number of carbonyl (C=O) groups is 1. The first kappa shape index (κ1) is 23.4. The zero-order valence-corrected chi connectivity index (χ0v) is 20.7. The topological polar surface area (TPSA) is 78.3 Å². The predicted molar refractivity (Wildman–Crippen MR) is 134 cm³/mol. The zero-order chi connectivity index (χ0) is 23.4. The van der Waals surface area contributed by atoms with Crippen molar-refractivity contribution in [1.82, 2.24) is 14.8 Å². The summed E-state index contributed by atoms with van der Waals surface area (Å²) in [5.41, 5.74) is 3.16. The Labute approximate surface area is 202 Å². The van der Waals surface area contributed by atoms with Crippen molar-refractivity contribution in [2.45, 2.75) is 37.9 Å². The molecule has 1 aromatic carbocycles. The Morgan fingerprint density at radius 3 is 2.97 bits per heavy atom. The number of thioether (sulfide) groups is 1. The lowest BCUT2D eigenvalue weighted by atomic mass is 9.88. The van der Waals surface area contributed by atoms with Gasteiger partial charge in [0.2, 0.25) is 5.91 Å². The Morgan fingerprint density at radius 1 is 1.36 bits per heavy atom. The number of nitrogens with zero attached hydrogens (tertiary/aromatic N) is 3. The van der Waals surface area contributed by atoms with Gasteiger partial charge in [0.05, 0.1) is 25.7 Å². The van der Waals surface area contributed by atoms with Crippen molar-refractivity contribution in [3.8, 4) is 22.9 Å². The second-order valence-electron chi connectivity index (χ2n) is 8.01. The van der Waals surface area contributed by atoms with E-state index < -0.39 is 0 Å². The largest absolute Gasteiger partial charge is 0.497 e. The van der Waals surface area contributed by atoms with Gasteiger partial charge in [0.1, 0.15) is 11.5 Å². The Balaban J connectivity index is 1.49. The number of carbonyl (C=O) groups excluding carboxylic acids is 1. The van der Waals surface area contributed by atoms with Gasteiger partial charge in [-0.3, -0.25) is 9.36 Å². The van der Waals surface area contributed by atoms with Crippen LogP contribution in [0.3, 0.4) is 0 Å². The number of allylic oxidation sites excluding steroid dienone is 1. The number of anilines is 1. The average Bonchev–Trinajstić information content (AvgIpc) is 3.41. The van der Waals surface area contributed by atoms with E-state index in [1.54, 1.807) is 32.4 Å². The highest BCUT2D eigenvalue weighted by atomic mass is 32.2. The molecule has 2 aromatic heterocycles. The van der Waals surface area contributed by atoms with Crippen LogP contribution >= 0.6 is 23.1 Å². The highest BCUT2D eigenvalue weighted by Crippen LogP contribution is 2.38. The minimum absolute atomic E-state index is 0.153. The summed E-state index contributed by atoms with van der Waals surface area (Å²) in [6.07, 6.45) is 5.24. The lowest BCUT2D eigenvalue weighted by molar-refractivity contribution is -0.113. The van der Waals surface area contributed by atoms with E-state index in [9.17, 15) is 4.79 Å². The number of aromatic nitrogens is 3. The van der Waals surface area contributed by atoms with Gasteiger partial charge >= 0.3 is 0 Å². The number of hydrogen-bond acceptors (Lipinski definition) is 7. The van der Waals surface area contributed by atoms with Crippen LogP contribution in [-0.4, -0.2) is 40.6 Å². The molecule has 9 heteroatoms. The quantitative estimate of drug-likeness (QED) is 0.338. The van der Waals surface area contributed by atoms with Crippen molar-refractivity contribution >= 4 is 34.7 Å². The van der Waals surface area contributed by atoms with Gasteiger partial charge in [-0.15, -0.1) is 28.1 Å². The molecule has 3 aromatic rings. The zero-order valence-electron chi connectivity index (χ0n) is 19.1. The summed E-state index contributed by atoms with van der Waals surface area (Å²) in [5, 5.41) is 14.7. The van der Waals surface area contributed by atoms with Crippen molar-refractivity contribution in [1.29, 1.82) is 0 Å². The van der Waals surface area contributed by atoms with Gasteiger partial charge in [-0.1, -0.05) is 24.8 Å². The van der Waals surface area contributed by atoms with Crippen molar-refractivity contribution in [3.63, 3.8) is 0 Å². The number of rotatable bonds is 9. The molecule has 2 heterocycles. The summed E-state index contributed by atoms with van der Waals surface area (Å²) in [6, 6.07) is 5.28. The number of ether oxygens (including phenoxy) is 2. The van der Waals surface area contributed by atoms with Crippen molar-refractivity contribution in [2.24, 2.45) is 5.92 Å². The van der Waals surface area contributed by atoms with Gasteiger partial charge in [-0.05, 0) is 42.9 Å². The molecule has 1 amide bonds. The molecule has 0 fully saturated rings. The molecule has 1 N–H and O–H groups in total. The third kappa shape index (κ3) is 5.09. The fourth-order valence-corrected chi connectivity index (χ4v) is 5.96. The first-order chi connectivity index (χ1) is 16.0. The van der Waals surface area contributed by atoms with E-state index in [1.165, 1.54) is 28.6 Å². The Kier molecular flexibility index (Phi) is 7.39. The molecule has 0 saturated carbocycles. The lowest BCUT2D eigenvalue weighted by Gasteiger charge is -2.19. The van der Waals surface area contributed by atoms with Gasteiger partial charge in [-0.25, -0.2) is 0 Å². The number of methoxy groups -OCH3 is 2. The Hall–Kier alpha value is -2.78. The van der Waals surface area contributed by atoms with E-state index >= 15 is 0 Å². The highest BCUT2D eigenvalue weighted by Gasteiger charge is 2.24. The van der Waals surface area contributed by atoms with Crippen LogP contribution < -0.4 is 14.8 Å². The van der Waals surface area contributed by atoms with Crippen molar-refractivity contribution in [2.75, 3.05) is 25.3 Å². The molecule has 174 valence electrons. The molecule has 1 atom stereocenters. The van der Waals surface area contributed by atoms with E-state index in [0.29, 0.717) is 28.9 Å². The third-order valence-corrected chi connectivity index (χ3v) is 7.70. The lowest BCUT2D eigenvalue weighted by Crippen LogP contribution is -2.15. The van der Waals surface area contributed by atoms with Crippen LogP contribution in [-0.2, 0) is 24.2 Å². The summed E-state index contributed by atoms with van der Waals surface area (Å²) < 4.78 is 12.6. The van der Waals surface area contributed by atoms with Crippen LogP contribution in [0, 0.1) is 5.92 Å². The third-order valence-electron chi connectivity index (χ3n) is 5.69. The molecular formula is C24H28N4O3S2. The van der Waals surface area contributed by atoms with Gasteiger partial charge < -0.3 is 14.8 Å². The molecule has 0 aliphatic heterocycles. The van der Waals surface area contributed by atoms with Gasteiger partial charge in [0.25, 0.3) is 0 Å². The Morgan fingerprint density at radius 2 is 2.21 bits per heavy atom. The molecule has 1 aliphatic carbocycles. The first-order valence-corrected chi connectivity index (χ1v) is 12.7. The normalized spacial score (nSPS) is 15.1. The molecule has 0 radical (unpaired) electrons. The number of amides is 1. The van der Waals surface area contributed by atoms with Crippen molar-refractivity contribution < 1.29 is 14.3 Å². The van der Waals surface area contributed by atoms with E-state index in [4.69, 9.17) is 9.47 Å². The molecule has 0 bridgehead atoms. The maximum Gasteiger partial charge on any atom is 0.234 e. The molecule has 1 aliphatic rings. The van der Waals surface area contributed by atoms with Gasteiger partial charge in [0.15, 0.2) is 11.0 Å². The SMILES string of the molecule is C=CCn1c(SCC(=O)Nc2ccc(OC)cc2OC)nnc1-c1csc2c1CCC(C)C2. The second-order valence-corrected chi connectivity index (χ2v) is 9.91. The van der Waals surface area contributed by atoms with E-state index in [-0.39, 0.29) is 11.7 Å². The fraction of sp³-hybridized carbons (Fsp3) is 0.375. The highest BCUT2D eigenvalue weighted by molar-refractivity contribution is 7.99. The predicted octanol–water partition coefficient (Wildman–Crippen LogP) is 5.07. The number of benzene rings is 1. The van der Waals surface area contributed by atoms with Crippen LogP contribution in [0.2, 0.25) is 0 Å². The monoisotopic (exact) mass is 484 g/mol. The van der Waals surface area contributed by atoms with E-state index in [1.807, 2.05) is 22.0 Å². The van der Waals surface area contributed by atoms with Crippen LogP contribution in [0.25, 0.3) is 11.4 Å². The standard InChI is InChI=1S/C24H28N4O3S2/c1-5-10-28-23(18-13-32-21-11-15(2)6-8-17(18)21)26-27-24(28)33-14-22(29)25-19-9-7-16(30-3)12-20(19)31-4/h5,7,9,12-13,15H,1,6,8,10-11,14H2,2-4H3,(H,25,29). The smallest absolute Gasteiger partial charge is 0.234 e. The second kappa shape index (κ2) is 10.4. The van der Waals surface area contributed by atoms with Gasteiger partial charge in [-0.2, -0.15) is 0 Å². The van der Waals surface area contributed by atoms with E-state index in [0.717, 1.165) is 30.1 Å². The van der Waals surface area contributed by atoms with Crippen LogP contribution in [0.1, 0.15) is 23.8 Å². The van der Waals surface area contributed by atoms with E-state index in [2.05, 4.69) is 34.4 Å². The van der Waals surface area contributed by atoms with Gasteiger partial charge in [0, 0.05) is 28.4 Å². The van der Waals surface area contributed by atoms with Crippen LogP contribution in [0.15, 0.2) is 41.4 Å². The maximum absolute atomic E-state index is 12.6. The molecule has 33 heavy (non-hydrogen) atoms. The summed E-state index contributed by atoms with van der Waals surface area (Å²) >= 11 is 3.17. The first-order valence-electron chi connectivity index (χ1n) is 10.8. The molecule has 7 nitrogen and oxygen atoms in total. The minimum atomic E-state index is -0.153.